The highest BCUT2D eigenvalue weighted by molar-refractivity contribution is 8.27. The van der Waals surface area contributed by atoms with E-state index in [4.69, 9.17) is 21.7 Å². The Kier molecular flexibility index (Phi) is 5.39. The minimum atomic E-state index is -0.431. The maximum Gasteiger partial charge on any atom is 0.308 e. The number of para-hydroxylation sites is 1. The van der Waals surface area contributed by atoms with E-state index in [1.807, 2.05) is 30.3 Å². The van der Waals surface area contributed by atoms with Gasteiger partial charge in [-0.1, -0.05) is 48.2 Å². The van der Waals surface area contributed by atoms with Crippen molar-refractivity contribution in [3.8, 4) is 11.5 Å². The molecule has 0 unspecified atom stereocenters. The molecule has 1 fully saturated rings. The summed E-state index contributed by atoms with van der Waals surface area (Å²) in [6.07, 6.45) is 1.74. The summed E-state index contributed by atoms with van der Waals surface area (Å²) in [6, 6.07) is 14.4. The number of methoxy groups -OCH3 is 1. The molecule has 1 amide bonds. The summed E-state index contributed by atoms with van der Waals surface area (Å²) in [4.78, 5) is 25.9. The van der Waals surface area contributed by atoms with E-state index in [1.54, 1.807) is 24.3 Å². The van der Waals surface area contributed by atoms with Gasteiger partial charge in [-0.2, -0.15) is 0 Å². The highest BCUT2D eigenvalue weighted by Gasteiger charge is 2.33. The molecule has 0 bridgehead atoms. The maximum absolute atomic E-state index is 12.7. The second-order valence-corrected chi connectivity index (χ2v) is 7.03. The number of thioether (sulfide) groups is 1. The number of carbonyl (C=O) groups is 2. The molecular weight excluding hydrogens is 370 g/mol. The minimum Gasteiger partial charge on any atom is -0.493 e. The molecule has 1 aliphatic rings. The maximum atomic E-state index is 12.7. The highest BCUT2D eigenvalue weighted by Crippen LogP contribution is 2.37. The van der Waals surface area contributed by atoms with Crippen LogP contribution < -0.4 is 14.4 Å². The zero-order chi connectivity index (χ0) is 18.7. The van der Waals surface area contributed by atoms with Gasteiger partial charge in [-0.05, 0) is 35.9 Å². The molecule has 1 heterocycles. The van der Waals surface area contributed by atoms with E-state index in [0.717, 1.165) is 11.3 Å². The Morgan fingerprint density at radius 2 is 1.88 bits per heavy atom. The van der Waals surface area contributed by atoms with Crippen LogP contribution in [0.15, 0.2) is 53.4 Å². The standard InChI is InChI=1S/C19H15NO4S2/c1-12(21)24-15-9-8-13(10-16(15)23-2)11-17-18(22)20(19(25)26-17)14-6-4-3-5-7-14/h3-11H,1-2H3/b17-11-. The molecule has 1 saturated heterocycles. The summed E-state index contributed by atoms with van der Waals surface area (Å²) in [7, 11) is 1.49. The summed E-state index contributed by atoms with van der Waals surface area (Å²) in [6.45, 7) is 1.32. The van der Waals surface area contributed by atoms with Crippen molar-refractivity contribution in [1.82, 2.24) is 0 Å². The van der Waals surface area contributed by atoms with Gasteiger partial charge >= 0.3 is 5.97 Å². The predicted molar refractivity (Wildman–Crippen MR) is 106 cm³/mol. The molecule has 2 aromatic carbocycles. The molecule has 0 aliphatic carbocycles. The first-order chi connectivity index (χ1) is 12.5. The number of nitrogens with zero attached hydrogens (tertiary/aromatic N) is 1. The Hall–Kier alpha value is -2.64. The van der Waals surface area contributed by atoms with E-state index in [9.17, 15) is 9.59 Å². The fraction of sp³-hybridized carbons (Fsp3) is 0.105. The molecule has 0 atom stereocenters. The zero-order valence-electron chi connectivity index (χ0n) is 14.1. The number of thiocarbonyl (C=S) groups is 1. The van der Waals surface area contributed by atoms with Crippen LogP contribution >= 0.6 is 24.0 Å². The van der Waals surface area contributed by atoms with Gasteiger partial charge in [0.1, 0.15) is 0 Å². The lowest BCUT2D eigenvalue weighted by atomic mass is 10.2. The Balaban J connectivity index is 1.90. The van der Waals surface area contributed by atoms with E-state index in [0.29, 0.717) is 20.7 Å². The Morgan fingerprint density at radius 1 is 1.15 bits per heavy atom. The topological polar surface area (TPSA) is 55.8 Å². The summed E-state index contributed by atoms with van der Waals surface area (Å²) in [5.74, 6) is 0.135. The molecule has 0 saturated carbocycles. The summed E-state index contributed by atoms with van der Waals surface area (Å²) >= 11 is 6.60. The Morgan fingerprint density at radius 3 is 2.54 bits per heavy atom. The Labute approximate surface area is 160 Å². The second kappa shape index (κ2) is 7.72. The summed E-state index contributed by atoms with van der Waals surface area (Å²) < 4.78 is 10.8. The quantitative estimate of drug-likeness (QED) is 0.343. The number of carbonyl (C=O) groups excluding carboxylic acids is 2. The molecular formula is C19H15NO4S2. The van der Waals surface area contributed by atoms with Gasteiger partial charge in [0.05, 0.1) is 17.7 Å². The SMILES string of the molecule is COc1cc(/C=C2\SC(=S)N(c3ccccc3)C2=O)ccc1OC(C)=O. The first kappa shape index (κ1) is 18.2. The van der Waals surface area contributed by atoms with Gasteiger partial charge in [-0.15, -0.1) is 0 Å². The Bertz CT molecular complexity index is 909. The van der Waals surface area contributed by atoms with Gasteiger partial charge in [-0.25, -0.2) is 0 Å². The molecule has 0 aromatic heterocycles. The van der Waals surface area contributed by atoms with Gasteiger partial charge < -0.3 is 9.47 Å². The average Bonchev–Trinajstić information content (AvgIpc) is 2.90. The van der Waals surface area contributed by atoms with Crippen LogP contribution in [0.2, 0.25) is 0 Å². The van der Waals surface area contributed by atoms with Crippen LogP contribution in [0.5, 0.6) is 11.5 Å². The van der Waals surface area contributed by atoms with Gasteiger partial charge in [0, 0.05) is 6.92 Å². The van der Waals surface area contributed by atoms with Crippen LogP contribution in [0.25, 0.3) is 6.08 Å². The number of hydrogen-bond acceptors (Lipinski definition) is 6. The van der Waals surface area contributed by atoms with Crippen LogP contribution in [0.3, 0.4) is 0 Å². The molecule has 7 heteroatoms. The molecule has 5 nitrogen and oxygen atoms in total. The van der Waals surface area contributed by atoms with Crippen molar-refractivity contribution in [1.29, 1.82) is 0 Å². The lowest BCUT2D eigenvalue weighted by Gasteiger charge is -2.13. The molecule has 0 N–H and O–H groups in total. The van der Waals surface area contributed by atoms with E-state index in [1.165, 1.54) is 30.7 Å². The number of benzene rings is 2. The van der Waals surface area contributed by atoms with E-state index >= 15 is 0 Å². The lowest BCUT2D eigenvalue weighted by Crippen LogP contribution is -2.27. The smallest absolute Gasteiger partial charge is 0.308 e. The van der Waals surface area contributed by atoms with Gasteiger partial charge in [0.25, 0.3) is 5.91 Å². The molecule has 1 aliphatic heterocycles. The average molecular weight is 385 g/mol. The van der Waals surface area contributed by atoms with E-state index < -0.39 is 5.97 Å². The second-order valence-electron chi connectivity index (χ2n) is 5.36. The van der Waals surface area contributed by atoms with Gasteiger partial charge in [-0.3, -0.25) is 14.5 Å². The van der Waals surface area contributed by atoms with Gasteiger partial charge in [0.2, 0.25) is 0 Å². The molecule has 2 aromatic rings. The molecule has 132 valence electrons. The van der Waals surface area contributed by atoms with Crippen molar-refractivity contribution in [2.75, 3.05) is 12.0 Å². The normalized spacial score (nSPS) is 15.5. The molecule has 0 spiro atoms. The largest absolute Gasteiger partial charge is 0.493 e. The van der Waals surface area contributed by atoms with Crippen molar-refractivity contribution < 1.29 is 19.1 Å². The van der Waals surface area contributed by atoms with E-state index in [2.05, 4.69) is 0 Å². The number of anilines is 1. The zero-order valence-corrected chi connectivity index (χ0v) is 15.7. The van der Waals surface area contributed by atoms with E-state index in [-0.39, 0.29) is 5.91 Å². The first-order valence-corrected chi connectivity index (χ1v) is 8.91. The third-order valence-electron chi connectivity index (χ3n) is 3.55. The number of rotatable bonds is 4. The summed E-state index contributed by atoms with van der Waals surface area (Å²) in [5.41, 5.74) is 1.48. The fourth-order valence-electron chi connectivity index (χ4n) is 2.43. The van der Waals surface area contributed by atoms with Crippen molar-refractivity contribution in [3.63, 3.8) is 0 Å². The molecule has 0 radical (unpaired) electrons. The number of ether oxygens (including phenoxy) is 2. The van der Waals surface area contributed by atoms with Crippen molar-refractivity contribution in [2.45, 2.75) is 6.92 Å². The fourth-order valence-corrected chi connectivity index (χ4v) is 3.73. The van der Waals surface area contributed by atoms with Crippen LogP contribution in [0, 0.1) is 0 Å². The van der Waals surface area contributed by atoms with Crippen LogP contribution in [-0.4, -0.2) is 23.3 Å². The summed E-state index contributed by atoms with van der Waals surface area (Å²) in [5, 5.41) is 0. The van der Waals surface area contributed by atoms with Crippen molar-refractivity contribution >= 4 is 51.9 Å². The molecule has 3 rings (SSSR count). The number of amides is 1. The monoisotopic (exact) mass is 385 g/mol. The molecule has 26 heavy (non-hydrogen) atoms. The number of hydrogen-bond donors (Lipinski definition) is 0. The van der Waals surface area contributed by atoms with Crippen LogP contribution in [-0.2, 0) is 9.59 Å². The highest BCUT2D eigenvalue weighted by atomic mass is 32.2. The van der Waals surface area contributed by atoms with Crippen LogP contribution in [0.4, 0.5) is 5.69 Å². The van der Waals surface area contributed by atoms with Crippen LogP contribution in [0.1, 0.15) is 12.5 Å². The minimum absolute atomic E-state index is 0.172. The van der Waals surface area contributed by atoms with Crippen molar-refractivity contribution in [2.24, 2.45) is 0 Å². The third-order valence-corrected chi connectivity index (χ3v) is 4.85. The third kappa shape index (κ3) is 3.79. The number of esters is 1. The first-order valence-electron chi connectivity index (χ1n) is 7.69. The lowest BCUT2D eigenvalue weighted by molar-refractivity contribution is -0.132. The van der Waals surface area contributed by atoms with Gasteiger partial charge in [0.15, 0.2) is 15.8 Å². The van der Waals surface area contributed by atoms with Crippen molar-refractivity contribution in [3.05, 3.63) is 59.0 Å². The predicted octanol–water partition coefficient (Wildman–Crippen LogP) is 4.03.